The van der Waals surface area contributed by atoms with Crippen LogP contribution in [-0.4, -0.2) is 24.6 Å². The van der Waals surface area contributed by atoms with Gasteiger partial charge in [-0.2, -0.15) is 5.26 Å². The van der Waals surface area contributed by atoms with Gasteiger partial charge in [0.15, 0.2) is 0 Å². The molecule has 144 valence electrons. The monoisotopic (exact) mass is 382 g/mol. The molecule has 0 saturated carbocycles. The van der Waals surface area contributed by atoms with Gasteiger partial charge in [0.1, 0.15) is 17.2 Å². The molecule has 2 atom stereocenters. The molecule has 2 heterocycles. The lowest BCUT2D eigenvalue weighted by atomic mass is 9.86. The van der Waals surface area contributed by atoms with Gasteiger partial charge in [0.2, 0.25) is 0 Å². The highest BCUT2D eigenvalue weighted by Gasteiger charge is 2.38. The Morgan fingerprint density at radius 1 is 0.966 bits per heavy atom. The summed E-state index contributed by atoms with van der Waals surface area (Å²) in [5.74, 6) is 3.56. The molecule has 3 aromatic carbocycles. The van der Waals surface area contributed by atoms with E-state index in [-0.39, 0.29) is 0 Å². The van der Waals surface area contributed by atoms with Crippen molar-refractivity contribution in [1.82, 2.24) is 4.90 Å². The van der Waals surface area contributed by atoms with Crippen LogP contribution in [0.15, 0.2) is 72.8 Å². The molecule has 4 nitrogen and oxygen atoms in total. The molecule has 0 unspecified atom stereocenters. The van der Waals surface area contributed by atoms with Crippen LogP contribution in [-0.2, 0) is 6.54 Å². The molecule has 2 aliphatic rings. The Hall–Kier alpha value is -3.29. The average Bonchev–Trinajstić information content (AvgIpc) is 3.18. The molecule has 3 aromatic rings. The molecule has 0 bridgehead atoms. The number of likely N-dealkylation sites (tertiary alicyclic amines) is 1. The Bertz CT molecular complexity index is 1040. The predicted octanol–water partition coefficient (Wildman–Crippen LogP) is 4.96. The third-order valence-electron chi connectivity index (χ3n) is 5.82. The number of hydrogen-bond donors (Lipinski definition) is 0. The number of ether oxygens (including phenoxy) is 2. The third kappa shape index (κ3) is 3.70. The fourth-order valence-corrected chi connectivity index (χ4v) is 4.39. The zero-order chi connectivity index (χ0) is 19.6. The van der Waals surface area contributed by atoms with E-state index in [2.05, 4.69) is 23.1 Å². The first kappa shape index (κ1) is 17.8. The summed E-state index contributed by atoms with van der Waals surface area (Å²) in [6.45, 7) is 3.68. The van der Waals surface area contributed by atoms with E-state index in [9.17, 15) is 5.26 Å². The molecule has 0 aromatic heterocycles. The SMILES string of the molecule is N#Cc1ccc2c(c1)[C@H]1CN(Cc3ccc(Oc4ccccc4)cc3)C[C@@H]1CO2. The lowest BCUT2D eigenvalue weighted by Gasteiger charge is -2.27. The van der Waals surface area contributed by atoms with E-state index < -0.39 is 0 Å². The maximum Gasteiger partial charge on any atom is 0.127 e. The molecule has 5 rings (SSSR count). The highest BCUT2D eigenvalue weighted by atomic mass is 16.5. The molecule has 4 heteroatoms. The minimum absolute atomic E-state index is 0.438. The van der Waals surface area contributed by atoms with Gasteiger partial charge in [-0.25, -0.2) is 0 Å². The summed E-state index contributed by atoms with van der Waals surface area (Å²) in [5.41, 5.74) is 3.17. The van der Waals surface area contributed by atoms with Crippen LogP contribution in [0.1, 0.15) is 22.6 Å². The van der Waals surface area contributed by atoms with Crippen molar-refractivity contribution in [2.24, 2.45) is 5.92 Å². The first-order chi connectivity index (χ1) is 14.3. The maximum atomic E-state index is 9.23. The van der Waals surface area contributed by atoms with E-state index >= 15 is 0 Å². The molecule has 29 heavy (non-hydrogen) atoms. The Morgan fingerprint density at radius 2 is 1.76 bits per heavy atom. The number of rotatable bonds is 4. The molecule has 0 spiro atoms. The Kier molecular flexibility index (Phi) is 4.67. The summed E-state index contributed by atoms with van der Waals surface area (Å²) >= 11 is 0. The van der Waals surface area contributed by atoms with Gasteiger partial charge >= 0.3 is 0 Å². The molecule has 0 N–H and O–H groups in total. The van der Waals surface area contributed by atoms with E-state index in [1.54, 1.807) is 0 Å². The Labute approximate surface area is 170 Å². The molecule has 1 saturated heterocycles. The summed E-state index contributed by atoms with van der Waals surface area (Å²) in [4.78, 5) is 2.49. The van der Waals surface area contributed by atoms with E-state index in [0.717, 1.165) is 43.5 Å². The van der Waals surface area contributed by atoms with Crippen molar-refractivity contribution >= 4 is 0 Å². The smallest absolute Gasteiger partial charge is 0.127 e. The van der Waals surface area contributed by atoms with Gasteiger partial charge in [0.05, 0.1) is 18.2 Å². The largest absolute Gasteiger partial charge is 0.493 e. The summed E-state index contributed by atoms with van der Waals surface area (Å²) in [6.07, 6.45) is 0. The second kappa shape index (κ2) is 7.62. The Balaban J connectivity index is 1.26. The molecule has 0 aliphatic carbocycles. The fraction of sp³-hybridized carbons (Fsp3) is 0.240. The van der Waals surface area contributed by atoms with Crippen molar-refractivity contribution in [2.45, 2.75) is 12.5 Å². The maximum absolute atomic E-state index is 9.23. The number of nitriles is 1. The second-order valence-electron chi connectivity index (χ2n) is 7.80. The van der Waals surface area contributed by atoms with Crippen LogP contribution < -0.4 is 9.47 Å². The lowest BCUT2D eigenvalue weighted by molar-refractivity contribution is 0.212. The Morgan fingerprint density at radius 3 is 2.55 bits per heavy atom. The van der Waals surface area contributed by atoms with Crippen LogP contribution in [0.4, 0.5) is 0 Å². The predicted molar refractivity (Wildman–Crippen MR) is 111 cm³/mol. The summed E-state index contributed by atoms with van der Waals surface area (Å²) in [6, 6.07) is 26.2. The van der Waals surface area contributed by atoms with Crippen molar-refractivity contribution in [3.05, 3.63) is 89.5 Å². The topological polar surface area (TPSA) is 45.5 Å². The zero-order valence-corrected chi connectivity index (χ0v) is 16.1. The van der Waals surface area contributed by atoms with E-state index in [0.29, 0.717) is 17.4 Å². The molecular weight excluding hydrogens is 360 g/mol. The lowest BCUT2D eigenvalue weighted by Crippen LogP contribution is -2.25. The van der Waals surface area contributed by atoms with Gasteiger partial charge in [0, 0.05) is 37.0 Å². The highest BCUT2D eigenvalue weighted by Crippen LogP contribution is 2.42. The first-order valence-electron chi connectivity index (χ1n) is 9.99. The minimum atomic E-state index is 0.438. The van der Waals surface area contributed by atoms with Crippen molar-refractivity contribution < 1.29 is 9.47 Å². The van der Waals surface area contributed by atoms with Crippen molar-refractivity contribution in [1.29, 1.82) is 5.26 Å². The second-order valence-corrected chi connectivity index (χ2v) is 7.80. The van der Waals surface area contributed by atoms with Crippen LogP contribution in [0.5, 0.6) is 17.2 Å². The normalized spacial score (nSPS) is 20.2. The van der Waals surface area contributed by atoms with Gasteiger partial charge in [-0.15, -0.1) is 0 Å². The number of para-hydroxylation sites is 1. The quantitative estimate of drug-likeness (QED) is 0.640. The molecule has 1 fully saturated rings. The van der Waals surface area contributed by atoms with Crippen molar-refractivity contribution in [3.8, 4) is 23.3 Å². The van der Waals surface area contributed by atoms with Crippen molar-refractivity contribution in [2.75, 3.05) is 19.7 Å². The fourth-order valence-electron chi connectivity index (χ4n) is 4.39. The zero-order valence-electron chi connectivity index (χ0n) is 16.1. The molecular formula is C25H22N2O2. The van der Waals surface area contributed by atoms with Crippen LogP contribution in [0.2, 0.25) is 0 Å². The van der Waals surface area contributed by atoms with E-state index in [1.165, 1.54) is 11.1 Å². The van der Waals surface area contributed by atoms with Gasteiger partial charge < -0.3 is 9.47 Å². The highest BCUT2D eigenvalue weighted by molar-refractivity contribution is 5.46. The van der Waals surface area contributed by atoms with Gasteiger partial charge in [0.25, 0.3) is 0 Å². The number of nitrogens with zero attached hydrogens (tertiary/aromatic N) is 2. The summed E-state index contributed by atoms with van der Waals surface area (Å²) < 4.78 is 11.8. The summed E-state index contributed by atoms with van der Waals surface area (Å²) in [5, 5.41) is 9.23. The molecule has 2 aliphatic heterocycles. The van der Waals surface area contributed by atoms with Crippen LogP contribution in [0.25, 0.3) is 0 Å². The average molecular weight is 382 g/mol. The van der Waals surface area contributed by atoms with Gasteiger partial charge in [-0.1, -0.05) is 30.3 Å². The minimum Gasteiger partial charge on any atom is -0.493 e. The van der Waals surface area contributed by atoms with Gasteiger partial charge in [-0.05, 0) is 48.0 Å². The van der Waals surface area contributed by atoms with Gasteiger partial charge in [-0.3, -0.25) is 4.90 Å². The third-order valence-corrected chi connectivity index (χ3v) is 5.82. The first-order valence-corrected chi connectivity index (χ1v) is 9.99. The molecule has 0 amide bonds. The van der Waals surface area contributed by atoms with Crippen LogP contribution >= 0.6 is 0 Å². The van der Waals surface area contributed by atoms with Crippen LogP contribution in [0, 0.1) is 17.2 Å². The van der Waals surface area contributed by atoms with Crippen LogP contribution in [0.3, 0.4) is 0 Å². The number of fused-ring (bicyclic) bond motifs is 3. The summed E-state index contributed by atoms with van der Waals surface area (Å²) in [7, 11) is 0. The standard InChI is InChI=1S/C25H22N2O2/c26-13-19-8-11-25-23(12-19)24-16-27(15-20(24)17-28-25)14-18-6-9-22(10-7-18)29-21-4-2-1-3-5-21/h1-12,20,24H,14-17H2/t20-,24+/m1/s1. The molecule has 0 radical (unpaired) electrons. The van der Waals surface area contributed by atoms with Crippen molar-refractivity contribution in [3.63, 3.8) is 0 Å². The van der Waals surface area contributed by atoms with E-state index in [1.807, 2.05) is 60.7 Å². The number of hydrogen-bond acceptors (Lipinski definition) is 4. The number of benzene rings is 3. The van der Waals surface area contributed by atoms with E-state index in [4.69, 9.17) is 9.47 Å².